The lowest BCUT2D eigenvalue weighted by atomic mass is 9.98. The van der Waals surface area contributed by atoms with Crippen molar-refractivity contribution in [1.29, 1.82) is 0 Å². The summed E-state index contributed by atoms with van der Waals surface area (Å²) < 4.78 is 12.4. The van der Waals surface area contributed by atoms with Crippen LogP contribution in [0.2, 0.25) is 5.02 Å². The maximum Gasteiger partial charge on any atom is 0.262 e. The first kappa shape index (κ1) is 22.4. The third kappa shape index (κ3) is 5.14. The number of carbonyl (C=O) groups is 1. The number of hydrogen-bond donors (Lipinski definition) is 1. The van der Waals surface area contributed by atoms with Crippen LogP contribution in [0.5, 0.6) is 5.75 Å². The van der Waals surface area contributed by atoms with Crippen LogP contribution in [-0.2, 0) is 4.79 Å². The number of halogens is 2. The molecule has 0 saturated heterocycles. The van der Waals surface area contributed by atoms with E-state index in [4.69, 9.17) is 20.8 Å². The average molecular weight is 514 g/mol. The van der Waals surface area contributed by atoms with Gasteiger partial charge in [-0.05, 0) is 72.5 Å². The van der Waals surface area contributed by atoms with Crippen molar-refractivity contribution in [2.45, 2.75) is 26.2 Å². The zero-order chi connectivity index (χ0) is 22.7. The van der Waals surface area contributed by atoms with E-state index in [0.29, 0.717) is 28.3 Å². The summed E-state index contributed by atoms with van der Waals surface area (Å²) in [5.41, 5.74) is 3.95. The number of anilines is 1. The monoisotopic (exact) mass is 512 g/mol. The number of benzene rings is 3. The average Bonchev–Trinajstić information content (AvgIpc) is 3.23. The first-order valence-electron chi connectivity index (χ1n) is 10.3. The molecule has 1 aromatic heterocycles. The van der Waals surface area contributed by atoms with Crippen LogP contribution in [0.25, 0.3) is 22.6 Å². The predicted octanol–water partition coefficient (Wildman–Crippen LogP) is 7.44. The lowest BCUT2D eigenvalue weighted by Crippen LogP contribution is -2.20. The zero-order valence-electron chi connectivity index (χ0n) is 17.7. The van der Waals surface area contributed by atoms with Crippen molar-refractivity contribution in [2.75, 3.05) is 11.9 Å². The van der Waals surface area contributed by atoms with E-state index in [1.165, 1.54) is 5.56 Å². The van der Waals surface area contributed by atoms with Gasteiger partial charge in [0.1, 0.15) is 11.3 Å². The Kier molecular flexibility index (Phi) is 6.82. The molecule has 1 atom stereocenters. The molecule has 1 heterocycles. The Bertz CT molecular complexity index is 1250. The standard InChI is InChI=1S/C25H22BrClN2O3/c1-3-15(2)16-5-11-23-22(12-16)29-25(32-23)17-4-10-20(27)21(13-17)28-24(30)14-31-19-8-6-18(26)7-9-19/h4-13,15H,3,14H2,1-2H3,(H,28,30)/t15-/m1/s1. The van der Waals surface area contributed by atoms with Gasteiger partial charge < -0.3 is 14.5 Å². The molecule has 0 aliphatic heterocycles. The SMILES string of the molecule is CC[C@@H](C)c1ccc2oc(-c3ccc(Cl)c(NC(=O)COc4ccc(Br)cc4)c3)nc2c1. The van der Waals surface area contributed by atoms with Gasteiger partial charge >= 0.3 is 0 Å². The van der Waals surface area contributed by atoms with E-state index in [9.17, 15) is 4.79 Å². The van der Waals surface area contributed by atoms with Crippen molar-refractivity contribution in [2.24, 2.45) is 0 Å². The van der Waals surface area contributed by atoms with Crippen LogP contribution in [-0.4, -0.2) is 17.5 Å². The molecule has 0 bridgehead atoms. The first-order chi connectivity index (χ1) is 15.4. The van der Waals surface area contributed by atoms with Crippen molar-refractivity contribution < 1.29 is 13.9 Å². The number of amides is 1. The molecule has 1 amide bonds. The van der Waals surface area contributed by atoms with Crippen LogP contribution in [0.1, 0.15) is 31.7 Å². The van der Waals surface area contributed by atoms with Gasteiger partial charge in [0.15, 0.2) is 12.2 Å². The topological polar surface area (TPSA) is 64.4 Å². The number of aromatic nitrogens is 1. The largest absolute Gasteiger partial charge is 0.484 e. The van der Waals surface area contributed by atoms with Crippen molar-refractivity contribution in [1.82, 2.24) is 4.98 Å². The first-order valence-corrected chi connectivity index (χ1v) is 11.5. The van der Waals surface area contributed by atoms with Crippen molar-refractivity contribution in [3.05, 3.63) is 75.7 Å². The van der Waals surface area contributed by atoms with Crippen molar-refractivity contribution >= 4 is 50.2 Å². The highest BCUT2D eigenvalue weighted by atomic mass is 79.9. The second-order valence-corrected chi connectivity index (χ2v) is 8.86. The van der Waals surface area contributed by atoms with Gasteiger partial charge in [-0.25, -0.2) is 4.98 Å². The van der Waals surface area contributed by atoms with Gasteiger partial charge in [0.2, 0.25) is 5.89 Å². The Morgan fingerprint density at radius 3 is 2.69 bits per heavy atom. The van der Waals surface area contributed by atoms with Gasteiger partial charge in [-0.1, -0.05) is 47.4 Å². The Labute approximate surface area is 199 Å². The predicted molar refractivity (Wildman–Crippen MR) is 131 cm³/mol. The summed E-state index contributed by atoms with van der Waals surface area (Å²) in [4.78, 5) is 17.0. The van der Waals surface area contributed by atoms with Gasteiger partial charge in [0.05, 0.1) is 10.7 Å². The number of ether oxygens (including phenoxy) is 1. The van der Waals surface area contributed by atoms with E-state index in [1.54, 1.807) is 24.3 Å². The fourth-order valence-corrected chi connectivity index (χ4v) is 3.66. The molecule has 0 unspecified atom stereocenters. The summed E-state index contributed by atoms with van der Waals surface area (Å²) in [6.45, 7) is 4.22. The summed E-state index contributed by atoms with van der Waals surface area (Å²) >= 11 is 9.67. The summed E-state index contributed by atoms with van der Waals surface area (Å²) in [6.07, 6.45) is 1.06. The summed E-state index contributed by atoms with van der Waals surface area (Å²) in [5.74, 6) is 1.21. The minimum Gasteiger partial charge on any atom is -0.484 e. The van der Waals surface area contributed by atoms with E-state index in [-0.39, 0.29) is 12.5 Å². The fourth-order valence-electron chi connectivity index (χ4n) is 3.23. The van der Waals surface area contributed by atoms with Crippen LogP contribution in [0.3, 0.4) is 0 Å². The molecule has 164 valence electrons. The third-order valence-corrected chi connectivity index (χ3v) is 6.12. The summed E-state index contributed by atoms with van der Waals surface area (Å²) in [6, 6.07) is 18.6. The van der Waals surface area contributed by atoms with Gasteiger partial charge in [-0.2, -0.15) is 0 Å². The minimum atomic E-state index is -0.317. The lowest BCUT2D eigenvalue weighted by Gasteiger charge is -2.10. The fraction of sp³-hybridized carbons (Fsp3) is 0.200. The number of carbonyl (C=O) groups excluding carboxylic acids is 1. The van der Waals surface area contributed by atoms with E-state index in [1.807, 2.05) is 24.3 Å². The molecule has 0 aliphatic carbocycles. The second kappa shape index (κ2) is 9.76. The Morgan fingerprint density at radius 1 is 1.16 bits per heavy atom. The van der Waals surface area contributed by atoms with E-state index < -0.39 is 0 Å². The number of nitrogens with zero attached hydrogens (tertiary/aromatic N) is 1. The number of rotatable bonds is 7. The van der Waals surface area contributed by atoms with Crippen LogP contribution in [0.15, 0.2) is 69.6 Å². The van der Waals surface area contributed by atoms with Crippen LogP contribution in [0.4, 0.5) is 5.69 Å². The molecule has 4 rings (SSSR count). The van der Waals surface area contributed by atoms with Gasteiger partial charge in [0, 0.05) is 10.0 Å². The maximum absolute atomic E-state index is 12.4. The molecule has 1 N–H and O–H groups in total. The molecule has 0 fully saturated rings. The number of oxazole rings is 1. The minimum absolute atomic E-state index is 0.135. The van der Waals surface area contributed by atoms with Crippen LogP contribution in [0, 0.1) is 0 Å². The quantitative estimate of drug-likeness (QED) is 0.279. The van der Waals surface area contributed by atoms with E-state index in [2.05, 4.69) is 52.2 Å². The molecule has 3 aromatic carbocycles. The van der Waals surface area contributed by atoms with Crippen molar-refractivity contribution in [3.63, 3.8) is 0 Å². The lowest BCUT2D eigenvalue weighted by molar-refractivity contribution is -0.118. The zero-order valence-corrected chi connectivity index (χ0v) is 20.0. The molecule has 0 saturated carbocycles. The summed E-state index contributed by atoms with van der Waals surface area (Å²) in [5, 5.41) is 3.21. The van der Waals surface area contributed by atoms with Gasteiger partial charge in [-0.3, -0.25) is 4.79 Å². The molecule has 0 radical (unpaired) electrons. The Balaban J connectivity index is 1.50. The van der Waals surface area contributed by atoms with E-state index >= 15 is 0 Å². The molecular weight excluding hydrogens is 492 g/mol. The maximum atomic E-state index is 12.4. The Hall–Kier alpha value is -2.83. The highest BCUT2D eigenvalue weighted by molar-refractivity contribution is 9.10. The number of nitrogens with one attached hydrogen (secondary N) is 1. The Morgan fingerprint density at radius 2 is 1.94 bits per heavy atom. The molecular formula is C25H22BrClN2O3. The van der Waals surface area contributed by atoms with Gasteiger partial charge in [-0.15, -0.1) is 0 Å². The molecule has 0 aliphatic rings. The highest BCUT2D eigenvalue weighted by Gasteiger charge is 2.14. The molecule has 7 heteroatoms. The molecule has 5 nitrogen and oxygen atoms in total. The number of fused-ring (bicyclic) bond motifs is 1. The second-order valence-electron chi connectivity index (χ2n) is 7.54. The number of hydrogen-bond acceptors (Lipinski definition) is 4. The summed E-state index contributed by atoms with van der Waals surface area (Å²) in [7, 11) is 0. The van der Waals surface area contributed by atoms with Crippen molar-refractivity contribution in [3.8, 4) is 17.2 Å². The van der Waals surface area contributed by atoms with Crippen LogP contribution >= 0.6 is 27.5 Å². The van der Waals surface area contributed by atoms with E-state index in [0.717, 1.165) is 27.6 Å². The molecule has 4 aromatic rings. The van der Waals surface area contributed by atoms with Crippen LogP contribution < -0.4 is 10.1 Å². The highest BCUT2D eigenvalue weighted by Crippen LogP contribution is 2.32. The third-order valence-electron chi connectivity index (χ3n) is 5.26. The smallest absolute Gasteiger partial charge is 0.262 e. The molecule has 32 heavy (non-hydrogen) atoms. The molecule has 0 spiro atoms. The van der Waals surface area contributed by atoms with Gasteiger partial charge in [0.25, 0.3) is 5.91 Å². The normalized spacial score (nSPS) is 12.0.